The number of ketones is 1. The quantitative estimate of drug-likeness (QED) is 0.542. The lowest BCUT2D eigenvalue weighted by Crippen LogP contribution is -2.41. The van der Waals surface area contributed by atoms with E-state index in [4.69, 9.17) is 0 Å². The van der Waals surface area contributed by atoms with E-state index >= 15 is 0 Å². The standard InChI is InChI=1S/C24H22N2O3/c1-15-11-12-18(16(2)13-15)21(27)14-26-22(28)24(3,25-23(26)29)20-10-6-8-17-7-4-5-9-19(17)20/h4-13H,14H2,1-3H3,(H,25,29)/t24-/m1/s1. The molecule has 0 aliphatic carbocycles. The largest absolute Gasteiger partial charge is 0.325 e. The predicted molar refractivity (Wildman–Crippen MR) is 112 cm³/mol. The highest BCUT2D eigenvalue weighted by Crippen LogP contribution is 2.34. The van der Waals surface area contributed by atoms with Crippen LogP contribution in [-0.4, -0.2) is 29.2 Å². The molecule has 1 heterocycles. The van der Waals surface area contributed by atoms with Crippen molar-refractivity contribution in [3.8, 4) is 0 Å². The maximum atomic E-state index is 13.3. The number of hydrogen-bond acceptors (Lipinski definition) is 3. The van der Waals surface area contributed by atoms with Gasteiger partial charge >= 0.3 is 6.03 Å². The number of amides is 3. The Bertz CT molecular complexity index is 1160. The number of carbonyl (C=O) groups is 3. The van der Waals surface area contributed by atoms with Crippen LogP contribution < -0.4 is 5.32 Å². The molecule has 29 heavy (non-hydrogen) atoms. The smallest absolute Gasteiger partial charge is 0.319 e. The van der Waals surface area contributed by atoms with Crippen molar-refractivity contribution in [2.75, 3.05) is 6.54 Å². The average Bonchev–Trinajstić information content (AvgIpc) is 2.91. The molecule has 0 unspecified atom stereocenters. The lowest BCUT2D eigenvalue weighted by Gasteiger charge is -2.24. The van der Waals surface area contributed by atoms with E-state index in [2.05, 4.69) is 5.32 Å². The Balaban J connectivity index is 1.67. The van der Waals surface area contributed by atoms with E-state index in [-0.39, 0.29) is 12.3 Å². The van der Waals surface area contributed by atoms with Crippen molar-refractivity contribution in [2.24, 2.45) is 0 Å². The summed E-state index contributed by atoms with van der Waals surface area (Å²) in [5.74, 6) is -0.676. The number of fused-ring (bicyclic) bond motifs is 1. The zero-order valence-electron chi connectivity index (χ0n) is 16.7. The molecule has 1 aliphatic rings. The molecule has 3 aromatic carbocycles. The lowest BCUT2D eigenvalue weighted by atomic mass is 9.87. The summed E-state index contributed by atoms with van der Waals surface area (Å²) >= 11 is 0. The Kier molecular flexibility index (Phi) is 4.46. The first-order chi connectivity index (χ1) is 13.8. The van der Waals surface area contributed by atoms with Crippen molar-refractivity contribution >= 4 is 28.5 Å². The number of carbonyl (C=O) groups excluding carboxylic acids is 3. The molecule has 4 rings (SSSR count). The molecule has 5 nitrogen and oxygen atoms in total. The van der Waals surface area contributed by atoms with Gasteiger partial charge in [0.2, 0.25) is 0 Å². The van der Waals surface area contributed by atoms with Gasteiger partial charge in [0, 0.05) is 5.56 Å². The Morgan fingerprint density at radius 1 is 1.00 bits per heavy atom. The topological polar surface area (TPSA) is 66.5 Å². The minimum absolute atomic E-state index is 0.256. The molecule has 0 radical (unpaired) electrons. The van der Waals surface area contributed by atoms with Gasteiger partial charge in [-0.05, 0) is 42.7 Å². The maximum Gasteiger partial charge on any atom is 0.325 e. The van der Waals surface area contributed by atoms with Gasteiger partial charge in [-0.25, -0.2) is 4.79 Å². The van der Waals surface area contributed by atoms with Crippen LogP contribution in [-0.2, 0) is 10.3 Å². The number of nitrogens with one attached hydrogen (secondary N) is 1. The fourth-order valence-corrected chi connectivity index (χ4v) is 4.04. The SMILES string of the molecule is Cc1ccc(C(=O)CN2C(=O)N[C@](C)(c3cccc4ccccc34)C2=O)c(C)c1. The Morgan fingerprint density at radius 2 is 1.72 bits per heavy atom. The van der Waals surface area contributed by atoms with Crippen molar-refractivity contribution in [2.45, 2.75) is 26.3 Å². The summed E-state index contributed by atoms with van der Waals surface area (Å²) in [6.45, 7) is 5.21. The number of rotatable bonds is 4. The summed E-state index contributed by atoms with van der Waals surface area (Å²) in [7, 11) is 0. The summed E-state index contributed by atoms with van der Waals surface area (Å²) in [6, 6.07) is 18.4. The Hall–Kier alpha value is -3.47. The average molecular weight is 386 g/mol. The third kappa shape index (κ3) is 3.09. The molecular formula is C24H22N2O3. The second kappa shape index (κ2) is 6.85. The van der Waals surface area contributed by atoms with Crippen LogP contribution in [0.2, 0.25) is 0 Å². The number of imide groups is 1. The maximum absolute atomic E-state index is 13.3. The Labute approximate surface area is 169 Å². The van der Waals surface area contributed by atoms with E-state index in [1.807, 2.05) is 68.4 Å². The van der Waals surface area contributed by atoms with Gasteiger partial charge < -0.3 is 5.32 Å². The number of urea groups is 1. The third-order valence-electron chi connectivity index (χ3n) is 5.59. The first kappa shape index (κ1) is 18.9. The minimum Gasteiger partial charge on any atom is -0.319 e. The van der Waals surface area contributed by atoms with Gasteiger partial charge in [0.05, 0.1) is 6.54 Å². The van der Waals surface area contributed by atoms with E-state index in [1.54, 1.807) is 13.0 Å². The van der Waals surface area contributed by atoms with Gasteiger partial charge in [0.25, 0.3) is 5.91 Å². The molecule has 1 N–H and O–H groups in total. The molecule has 5 heteroatoms. The van der Waals surface area contributed by atoms with Crippen LogP contribution >= 0.6 is 0 Å². The van der Waals surface area contributed by atoms with Crippen molar-refractivity contribution in [3.63, 3.8) is 0 Å². The highest BCUT2D eigenvalue weighted by atomic mass is 16.2. The highest BCUT2D eigenvalue weighted by molar-refractivity contribution is 6.12. The predicted octanol–water partition coefficient (Wildman–Crippen LogP) is 4.11. The molecule has 0 aromatic heterocycles. The van der Waals surface area contributed by atoms with Crippen molar-refractivity contribution in [1.82, 2.24) is 10.2 Å². The number of Topliss-reactive ketones (excluding diaryl/α,β-unsaturated/α-hetero) is 1. The first-order valence-electron chi connectivity index (χ1n) is 9.54. The summed E-state index contributed by atoms with van der Waals surface area (Å²) in [4.78, 5) is 39.8. The highest BCUT2D eigenvalue weighted by Gasteiger charge is 2.50. The van der Waals surface area contributed by atoms with Crippen LogP contribution in [0.4, 0.5) is 4.79 Å². The molecule has 1 aliphatic heterocycles. The first-order valence-corrected chi connectivity index (χ1v) is 9.54. The van der Waals surface area contributed by atoms with Crippen molar-refractivity contribution < 1.29 is 14.4 Å². The van der Waals surface area contributed by atoms with E-state index in [1.165, 1.54) is 0 Å². The van der Waals surface area contributed by atoms with Crippen molar-refractivity contribution in [3.05, 3.63) is 82.9 Å². The molecule has 1 fully saturated rings. The summed E-state index contributed by atoms with van der Waals surface area (Å²) < 4.78 is 0. The fourth-order valence-electron chi connectivity index (χ4n) is 4.04. The van der Waals surface area contributed by atoms with Crippen LogP contribution in [0.25, 0.3) is 10.8 Å². The van der Waals surface area contributed by atoms with E-state index in [9.17, 15) is 14.4 Å². The number of aryl methyl sites for hydroxylation is 2. The second-order valence-corrected chi connectivity index (χ2v) is 7.71. The van der Waals surface area contributed by atoms with Crippen LogP contribution in [0, 0.1) is 13.8 Å². The van der Waals surface area contributed by atoms with Gasteiger partial charge in [-0.1, -0.05) is 66.2 Å². The second-order valence-electron chi connectivity index (χ2n) is 7.71. The molecule has 0 spiro atoms. The number of benzene rings is 3. The molecule has 0 saturated carbocycles. The molecular weight excluding hydrogens is 364 g/mol. The summed E-state index contributed by atoms with van der Waals surface area (Å²) in [6.07, 6.45) is 0. The molecule has 3 aromatic rings. The Morgan fingerprint density at radius 3 is 2.48 bits per heavy atom. The molecule has 0 bridgehead atoms. The molecule has 1 saturated heterocycles. The zero-order valence-corrected chi connectivity index (χ0v) is 16.7. The number of nitrogens with zero attached hydrogens (tertiary/aromatic N) is 1. The third-order valence-corrected chi connectivity index (χ3v) is 5.59. The van der Waals surface area contributed by atoms with Gasteiger partial charge in [-0.3, -0.25) is 14.5 Å². The summed E-state index contributed by atoms with van der Waals surface area (Å²) in [5.41, 5.74) is 1.91. The molecule has 3 amide bonds. The van der Waals surface area contributed by atoms with E-state index in [0.29, 0.717) is 5.56 Å². The van der Waals surface area contributed by atoms with Crippen LogP contribution in [0.1, 0.15) is 34.0 Å². The van der Waals surface area contributed by atoms with Gasteiger partial charge in [-0.2, -0.15) is 0 Å². The number of hydrogen-bond donors (Lipinski definition) is 1. The van der Waals surface area contributed by atoms with Gasteiger partial charge in [-0.15, -0.1) is 0 Å². The van der Waals surface area contributed by atoms with E-state index in [0.717, 1.165) is 32.4 Å². The molecule has 146 valence electrons. The van der Waals surface area contributed by atoms with Gasteiger partial charge in [0.15, 0.2) is 5.78 Å². The van der Waals surface area contributed by atoms with Gasteiger partial charge in [0.1, 0.15) is 5.54 Å². The molecule has 1 atom stereocenters. The monoisotopic (exact) mass is 386 g/mol. The van der Waals surface area contributed by atoms with Crippen LogP contribution in [0.5, 0.6) is 0 Å². The van der Waals surface area contributed by atoms with E-state index < -0.39 is 17.5 Å². The van der Waals surface area contributed by atoms with Crippen LogP contribution in [0.3, 0.4) is 0 Å². The normalized spacial score (nSPS) is 18.9. The minimum atomic E-state index is -1.22. The zero-order chi connectivity index (χ0) is 20.8. The van der Waals surface area contributed by atoms with Crippen LogP contribution in [0.15, 0.2) is 60.7 Å². The summed E-state index contributed by atoms with van der Waals surface area (Å²) in [5, 5.41) is 4.69. The van der Waals surface area contributed by atoms with Crippen molar-refractivity contribution in [1.29, 1.82) is 0 Å². The fraction of sp³-hybridized carbons (Fsp3) is 0.208. The lowest BCUT2D eigenvalue weighted by molar-refractivity contribution is -0.130.